The van der Waals surface area contributed by atoms with Crippen LogP contribution in [-0.4, -0.2) is 74.6 Å². The molecule has 0 radical (unpaired) electrons. The molecule has 0 spiro atoms. The predicted octanol–water partition coefficient (Wildman–Crippen LogP) is 1.19. The number of rotatable bonds is 7. The van der Waals surface area contributed by atoms with Crippen molar-refractivity contribution in [3.63, 3.8) is 0 Å². The molecule has 1 aliphatic rings. The Kier molecular flexibility index (Phi) is 8.66. The lowest BCUT2D eigenvalue weighted by molar-refractivity contribution is -0.123. The van der Waals surface area contributed by atoms with Crippen LogP contribution in [-0.2, 0) is 22.7 Å². The highest BCUT2D eigenvalue weighted by Gasteiger charge is 2.21. The summed E-state index contributed by atoms with van der Waals surface area (Å²) < 4.78 is 18.8. The molecular weight excluding hydrogens is 361 g/mol. The average Bonchev–Trinajstić information content (AvgIpc) is 2.65. The van der Waals surface area contributed by atoms with Gasteiger partial charge < -0.3 is 20.3 Å². The SMILES string of the molecule is CN=C(NCc1ccc(F)c(COC)c1)N1CCN(CC(=O)NC(C)C)CC1. The highest BCUT2D eigenvalue weighted by Crippen LogP contribution is 2.12. The maximum Gasteiger partial charge on any atom is 0.234 e. The number of guanidine groups is 1. The van der Waals surface area contributed by atoms with Gasteiger partial charge in [0.05, 0.1) is 13.2 Å². The molecule has 0 aromatic heterocycles. The number of piperazine rings is 1. The molecule has 1 amide bonds. The van der Waals surface area contributed by atoms with Gasteiger partial charge in [-0.2, -0.15) is 0 Å². The molecule has 28 heavy (non-hydrogen) atoms. The molecular formula is C20H32FN5O2. The van der Waals surface area contributed by atoms with Gasteiger partial charge in [-0.05, 0) is 31.5 Å². The summed E-state index contributed by atoms with van der Waals surface area (Å²) in [4.78, 5) is 20.6. The zero-order valence-corrected chi connectivity index (χ0v) is 17.3. The summed E-state index contributed by atoms with van der Waals surface area (Å²) >= 11 is 0. The molecule has 1 aromatic rings. The molecule has 1 saturated heterocycles. The monoisotopic (exact) mass is 393 g/mol. The third kappa shape index (κ3) is 6.76. The minimum atomic E-state index is -0.257. The second kappa shape index (κ2) is 11.0. The van der Waals surface area contributed by atoms with Crippen LogP contribution < -0.4 is 10.6 Å². The smallest absolute Gasteiger partial charge is 0.234 e. The van der Waals surface area contributed by atoms with Crippen LogP contribution in [0.1, 0.15) is 25.0 Å². The van der Waals surface area contributed by atoms with Gasteiger partial charge in [0, 0.05) is 58.5 Å². The summed E-state index contributed by atoms with van der Waals surface area (Å²) in [5.41, 5.74) is 1.52. The van der Waals surface area contributed by atoms with Gasteiger partial charge in [-0.3, -0.25) is 14.7 Å². The van der Waals surface area contributed by atoms with Crippen molar-refractivity contribution < 1.29 is 13.9 Å². The van der Waals surface area contributed by atoms with E-state index in [0.29, 0.717) is 18.7 Å². The second-order valence-electron chi connectivity index (χ2n) is 7.24. The number of nitrogens with one attached hydrogen (secondary N) is 2. The third-order valence-electron chi connectivity index (χ3n) is 4.56. The standard InChI is InChI=1S/C20H32FN5O2/c1-15(2)24-19(27)13-25-7-9-26(10-8-25)20(22-3)23-12-16-5-6-18(21)17(11-16)14-28-4/h5-6,11,15H,7-10,12-14H2,1-4H3,(H,22,23)(H,24,27). The van der Waals surface area contributed by atoms with E-state index < -0.39 is 0 Å². The van der Waals surface area contributed by atoms with Crippen molar-refractivity contribution in [2.45, 2.75) is 33.0 Å². The van der Waals surface area contributed by atoms with Gasteiger partial charge in [0.1, 0.15) is 5.82 Å². The first-order valence-electron chi connectivity index (χ1n) is 9.66. The fourth-order valence-corrected chi connectivity index (χ4v) is 3.21. The van der Waals surface area contributed by atoms with E-state index >= 15 is 0 Å². The van der Waals surface area contributed by atoms with E-state index in [-0.39, 0.29) is 24.4 Å². The van der Waals surface area contributed by atoms with Crippen LogP contribution in [0, 0.1) is 5.82 Å². The van der Waals surface area contributed by atoms with Crippen molar-refractivity contribution in [1.29, 1.82) is 0 Å². The van der Waals surface area contributed by atoms with E-state index in [4.69, 9.17) is 4.74 Å². The summed E-state index contributed by atoms with van der Waals surface area (Å²) in [6.45, 7) is 8.37. The van der Waals surface area contributed by atoms with Crippen LogP contribution >= 0.6 is 0 Å². The first kappa shape index (κ1) is 22.1. The van der Waals surface area contributed by atoms with Crippen LogP contribution in [0.2, 0.25) is 0 Å². The number of ether oxygens (including phenoxy) is 1. The number of halogens is 1. The van der Waals surface area contributed by atoms with Crippen molar-refractivity contribution in [3.8, 4) is 0 Å². The Labute approximate surface area is 166 Å². The van der Waals surface area contributed by atoms with Crippen LogP contribution in [0.5, 0.6) is 0 Å². The lowest BCUT2D eigenvalue weighted by atomic mass is 10.1. The molecule has 0 aliphatic carbocycles. The predicted molar refractivity (Wildman–Crippen MR) is 109 cm³/mol. The molecule has 1 heterocycles. The summed E-state index contributed by atoms with van der Waals surface area (Å²) in [6.07, 6.45) is 0. The number of hydrogen-bond donors (Lipinski definition) is 2. The number of nitrogens with zero attached hydrogens (tertiary/aromatic N) is 3. The Hall–Kier alpha value is -2.19. The number of benzene rings is 1. The van der Waals surface area contributed by atoms with Crippen molar-refractivity contribution >= 4 is 11.9 Å². The topological polar surface area (TPSA) is 69.2 Å². The molecule has 2 rings (SSSR count). The fourth-order valence-electron chi connectivity index (χ4n) is 3.21. The fraction of sp³-hybridized carbons (Fsp3) is 0.600. The highest BCUT2D eigenvalue weighted by molar-refractivity contribution is 5.80. The van der Waals surface area contributed by atoms with Crippen LogP contribution in [0.25, 0.3) is 0 Å². The zero-order valence-electron chi connectivity index (χ0n) is 17.3. The molecule has 156 valence electrons. The van der Waals surface area contributed by atoms with Crippen LogP contribution in [0.15, 0.2) is 23.2 Å². The van der Waals surface area contributed by atoms with Crippen molar-refractivity contribution in [3.05, 3.63) is 35.1 Å². The average molecular weight is 394 g/mol. The molecule has 7 nitrogen and oxygen atoms in total. The molecule has 0 saturated carbocycles. The Morgan fingerprint density at radius 1 is 1.29 bits per heavy atom. The molecule has 0 unspecified atom stereocenters. The number of amides is 1. The first-order chi connectivity index (χ1) is 13.4. The molecule has 8 heteroatoms. The Morgan fingerprint density at radius 2 is 2.00 bits per heavy atom. The Bertz CT molecular complexity index is 673. The maximum atomic E-state index is 13.7. The highest BCUT2D eigenvalue weighted by atomic mass is 19.1. The van der Waals surface area contributed by atoms with E-state index in [9.17, 15) is 9.18 Å². The van der Waals surface area contributed by atoms with E-state index in [1.54, 1.807) is 20.2 Å². The summed E-state index contributed by atoms with van der Waals surface area (Å²) in [5.74, 6) is 0.616. The van der Waals surface area contributed by atoms with Crippen molar-refractivity contribution in [2.75, 3.05) is 46.9 Å². The number of methoxy groups -OCH3 is 1. The van der Waals surface area contributed by atoms with Gasteiger partial charge in [-0.25, -0.2) is 4.39 Å². The molecule has 1 aliphatic heterocycles. The Morgan fingerprint density at radius 3 is 2.61 bits per heavy atom. The van der Waals surface area contributed by atoms with Crippen molar-refractivity contribution in [2.24, 2.45) is 4.99 Å². The second-order valence-corrected chi connectivity index (χ2v) is 7.24. The number of aliphatic imine (C=N–C) groups is 1. The van der Waals surface area contributed by atoms with E-state index in [1.165, 1.54) is 6.07 Å². The normalized spacial score (nSPS) is 15.8. The van der Waals surface area contributed by atoms with Gasteiger partial charge in [0.15, 0.2) is 5.96 Å². The molecule has 2 N–H and O–H groups in total. The largest absolute Gasteiger partial charge is 0.380 e. The van der Waals surface area contributed by atoms with Crippen molar-refractivity contribution in [1.82, 2.24) is 20.4 Å². The number of hydrogen-bond acceptors (Lipinski definition) is 4. The minimum Gasteiger partial charge on any atom is -0.380 e. The van der Waals surface area contributed by atoms with Gasteiger partial charge in [0.25, 0.3) is 0 Å². The first-order valence-corrected chi connectivity index (χ1v) is 9.66. The van der Waals surface area contributed by atoms with E-state index in [2.05, 4.69) is 25.4 Å². The molecule has 0 atom stereocenters. The summed E-state index contributed by atoms with van der Waals surface area (Å²) in [7, 11) is 3.31. The number of carbonyl (C=O) groups excluding carboxylic acids is 1. The van der Waals surface area contributed by atoms with E-state index in [0.717, 1.165) is 37.7 Å². The van der Waals surface area contributed by atoms with Gasteiger partial charge >= 0.3 is 0 Å². The maximum absolute atomic E-state index is 13.7. The van der Waals surface area contributed by atoms with E-state index in [1.807, 2.05) is 19.9 Å². The van der Waals surface area contributed by atoms with Gasteiger partial charge in [0.2, 0.25) is 5.91 Å². The van der Waals surface area contributed by atoms with Crippen LogP contribution in [0.4, 0.5) is 4.39 Å². The minimum absolute atomic E-state index is 0.0640. The quantitative estimate of drug-likeness (QED) is 0.538. The molecule has 1 fully saturated rings. The third-order valence-corrected chi connectivity index (χ3v) is 4.56. The number of carbonyl (C=O) groups is 1. The molecule has 0 bridgehead atoms. The summed E-state index contributed by atoms with van der Waals surface area (Å²) in [6, 6.07) is 5.20. The lowest BCUT2D eigenvalue weighted by Gasteiger charge is -2.36. The summed E-state index contributed by atoms with van der Waals surface area (Å²) in [5, 5.41) is 6.27. The Balaban J connectivity index is 1.83. The van der Waals surface area contributed by atoms with Gasteiger partial charge in [-0.1, -0.05) is 6.07 Å². The van der Waals surface area contributed by atoms with Gasteiger partial charge in [-0.15, -0.1) is 0 Å². The lowest BCUT2D eigenvalue weighted by Crippen LogP contribution is -2.54. The zero-order chi connectivity index (χ0) is 20.5. The van der Waals surface area contributed by atoms with Crippen LogP contribution in [0.3, 0.4) is 0 Å². The molecule has 1 aromatic carbocycles.